The fraction of sp³-hybridized carbons (Fsp3) is 0.600. The molecule has 4 amide bonds. The summed E-state index contributed by atoms with van der Waals surface area (Å²) in [7, 11) is 7.70. The fourth-order valence-corrected chi connectivity index (χ4v) is 23.8. The summed E-state index contributed by atoms with van der Waals surface area (Å²) in [5.41, 5.74) is 30.9. The van der Waals surface area contributed by atoms with Gasteiger partial charge in [-0.05, 0) is 351 Å². The van der Waals surface area contributed by atoms with Gasteiger partial charge in [-0.1, -0.05) is 304 Å². The molecular formula is C130H193N9O8. The zero-order chi connectivity index (χ0) is 106. The van der Waals surface area contributed by atoms with Crippen molar-refractivity contribution in [2.45, 2.75) is 344 Å². The number of hydrogen-bond acceptors (Lipinski definition) is 13. The number of carbonyl (C=O) groups excluding carboxylic acids is 4. The smallest absolute Gasteiger partial charge is 0.231 e. The first-order chi connectivity index (χ1) is 70.6. The number of hydrogen-bond donors (Lipinski definition) is 6. The van der Waals surface area contributed by atoms with Crippen molar-refractivity contribution in [3.05, 3.63) is 283 Å². The van der Waals surface area contributed by atoms with E-state index in [1.165, 1.54) is 270 Å². The van der Waals surface area contributed by atoms with Crippen molar-refractivity contribution in [2.75, 3.05) is 153 Å². The van der Waals surface area contributed by atoms with Gasteiger partial charge in [-0.15, -0.1) is 0 Å². The van der Waals surface area contributed by atoms with Crippen molar-refractivity contribution in [2.24, 2.45) is 11.7 Å². The van der Waals surface area contributed by atoms with Gasteiger partial charge in [-0.2, -0.15) is 0 Å². The van der Waals surface area contributed by atoms with Crippen LogP contribution < -0.4 is 21.7 Å². The van der Waals surface area contributed by atoms with Crippen molar-refractivity contribution in [1.29, 1.82) is 0 Å². The number of rotatable bonds is 40. The van der Waals surface area contributed by atoms with E-state index in [2.05, 4.69) is 287 Å². The van der Waals surface area contributed by atoms with Gasteiger partial charge in [0.25, 0.3) is 0 Å². The van der Waals surface area contributed by atoms with Crippen molar-refractivity contribution >= 4 is 23.6 Å². The normalized spacial score (nSPS) is 19.2. The minimum absolute atomic E-state index is 0.0726. The lowest BCUT2D eigenvalue weighted by Crippen LogP contribution is -2.42. The highest BCUT2D eigenvalue weighted by molar-refractivity contribution is 5.78. The summed E-state index contributed by atoms with van der Waals surface area (Å²) in [4.78, 5) is 55.8. The number of aryl methyl sites for hydroxylation is 8. The molecule has 8 aliphatic carbocycles. The van der Waals surface area contributed by atoms with E-state index in [1.807, 2.05) is 37.7 Å². The number of methoxy groups -OCH3 is 1. The number of nitrogens with two attached hydrogens (primary N) is 1. The second kappa shape index (κ2) is 58.2. The topological polar surface area (TPSA) is 206 Å². The average molecular weight is 2010 g/mol. The number of morpholine rings is 1. The lowest BCUT2D eigenvalue weighted by molar-refractivity contribution is -0.128. The maximum atomic E-state index is 11.6. The molecule has 2 aliphatic heterocycles. The molecule has 2 heterocycles. The van der Waals surface area contributed by atoms with E-state index in [-0.39, 0.29) is 42.3 Å². The lowest BCUT2D eigenvalue weighted by atomic mass is 9.62. The lowest BCUT2D eigenvalue weighted by Gasteiger charge is -2.44. The van der Waals surface area contributed by atoms with Gasteiger partial charge in [-0.25, -0.2) is 0 Å². The molecule has 1 atom stereocenters. The first-order valence-corrected chi connectivity index (χ1v) is 57.1. The van der Waals surface area contributed by atoms with Crippen LogP contribution in [-0.4, -0.2) is 217 Å². The van der Waals surface area contributed by atoms with Gasteiger partial charge in [0.1, 0.15) is 0 Å². The summed E-state index contributed by atoms with van der Waals surface area (Å²) in [5.74, 6) is 0.229. The fourth-order valence-electron chi connectivity index (χ4n) is 23.8. The van der Waals surface area contributed by atoms with E-state index in [0.717, 1.165) is 137 Å². The first-order valence-electron chi connectivity index (χ1n) is 57.1. The molecule has 0 aromatic heterocycles. The van der Waals surface area contributed by atoms with E-state index in [0.29, 0.717) is 49.9 Å². The Morgan fingerprint density at radius 3 is 0.918 bits per heavy atom. The van der Waals surface area contributed by atoms with Gasteiger partial charge >= 0.3 is 0 Å². The quantitative estimate of drug-likeness (QED) is 0.0198. The van der Waals surface area contributed by atoms with Crippen molar-refractivity contribution in [1.82, 2.24) is 40.4 Å². The highest BCUT2D eigenvalue weighted by Gasteiger charge is 2.46. The summed E-state index contributed by atoms with van der Waals surface area (Å²) in [6, 6.07) is 72.2. The van der Waals surface area contributed by atoms with Gasteiger partial charge in [-0.3, -0.25) is 29.0 Å². The number of nitrogens with zero attached hydrogens (tertiary/aromatic N) is 5. The van der Waals surface area contributed by atoms with E-state index in [9.17, 15) is 24.3 Å². The molecule has 0 radical (unpaired) electrons. The van der Waals surface area contributed by atoms with Gasteiger partial charge in [0.05, 0.1) is 39.1 Å². The molecule has 806 valence electrons. The number of nitrogens with one attached hydrogen (secondary N) is 3. The zero-order valence-electron chi connectivity index (χ0n) is 94.1. The number of likely N-dealkylation sites (N-methyl/N-ethyl adjacent to an activating group) is 2. The largest absolute Gasteiger partial charge is 0.395 e. The maximum absolute atomic E-state index is 11.6. The third-order valence-corrected chi connectivity index (χ3v) is 35.9. The minimum atomic E-state index is -0.250. The Kier molecular flexibility index (Phi) is 46.9. The summed E-state index contributed by atoms with van der Waals surface area (Å²) in [6.07, 6.45) is 41.9. The number of likely N-dealkylation sites (tertiary alicyclic amines) is 1. The molecule has 0 unspecified atom stereocenters. The average Bonchev–Trinajstić information content (AvgIpc) is 1.64. The molecule has 17 nitrogen and oxygen atoms in total. The summed E-state index contributed by atoms with van der Waals surface area (Å²) in [6.45, 7) is 41.3. The molecule has 8 aromatic rings. The molecule has 10 aliphatic rings. The predicted octanol–water partition coefficient (Wildman–Crippen LogP) is 23.8. The first kappa shape index (κ1) is 119. The molecule has 8 aromatic carbocycles. The summed E-state index contributed by atoms with van der Waals surface area (Å²) < 4.78 is 10.5. The van der Waals surface area contributed by atoms with Crippen LogP contribution in [0.3, 0.4) is 0 Å². The number of benzene rings is 8. The molecule has 147 heavy (non-hydrogen) atoms. The monoisotopic (exact) mass is 2010 g/mol. The molecule has 0 spiro atoms. The second-order valence-electron chi connectivity index (χ2n) is 47.0. The van der Waals surface area contributed by atoms with Crippen LogP contribution in [0, 0.1) is 61.3 Å². The van der Waals surface area contributed by atoms with E-state index >= 15 is 0 Å². The Morgan fingerprint density at radius 2 is 0.660 bits per heavy atom. The van der Waals surface area contributed by atoms with Crippen LogP contribution in [0.25, 0.3) is 0 Å². The predicted molar refractivity (Wildman–Crippen MR) is 611 cm³/mol. The highest BCUT2D eigenvalue weighted by Crippen LogP contribution is 2.53. The van der Waals surface area contributed by atoms with Crippen LogP contribution >= 0.6 is 0 Å². The van der Waals surface area contributed by atoms with Crippen LogP contribution in [-0.2, 0) is 72.0 Å². The molecule has 2 saturated heterocycles. The van der Waals surface area contributed by atoms with Crippen LogP contribution in [0.2, 0.25) is 0 Å². The third-order valence-electron chi connectivity index (χ3n) is 35.9. The van der Waals surface area contributed by atoms with E-state index < -0.39 is 0 Å². The van der Waals surface area contributed by atoms with Crippen LogP contribution in [0.4, 0.5) is 0 Å². The SMILES string of the molecule is CC(=O)N(C)CCC1(c2ccc(C)cc2)CCC1.CC(=O)NCCC1(c2ccc(C)cc2)CCC1.COCCNCCC1(c2ccc(C)cc2)CCC1.Cc1ccc(C2(CCN(C)CC(N)=O)CCC2)cc1.Cc1ccc(C2(CCN(C)CCO)CCC2)cc1.Cc1ccc(C2(CCN3CCOCC3)CCC2)cc1.Cc1ccc(C2(CCN3CC[C@H](O)C3)CCC2)cc1.Cc1ccc(C2(CCNC(=O)C(C)C)CCC2)cc1. The third kappa shape index (κ3) is 35.2. The maximum Gasteiger partial charge on any atom is 0.231 e. The highest BCUT2D eigenvalue weighted by atomic mass is 16.5. The van der Waals surface area contributed by atoms with Gasteiger partial charge in [0.2, 0.25) is 23.6 Å². The van der Waals surface area contributed by atoms with E-state index in [4.69, 9.17) is 20.3 Å². The van der Waals surface area contributed by atoms with Crippen molar-refractivity contribution < 1.29 is 38.9 Å². The number of β-amino-alcohol motifs (C(OH)–C–C–N with tert-alkyl or cyclic N) is 1. The van der Waals surface area contributed by atoms with Crippen LogP contribution in [0.15, 0.2) is 194 Å². The Hall–Kier alpha value is -8.72. The number of ether oxygens (including phenoxy) is 2. The van der Waals surface area contributed by atoms with Crippen molar-refractivity contribution in [3.63, 3.8) is 0 Å². The zero-order valence-corrected chi connectivity index (χ0v) is 94.1. The number of aliphatic hydroxyl groups excluding tert-OH is 2. The molecule has 17 heteroatoms. The Balaban J connectivity index is 0.000000160. The van der Waals surface area contributed by atoms with Gasteiger partial charge in [0, 0.05) is 92.8 Å². The summed E-state index contributed by atoms with van der Waals surface area (Å²) >= 11 is 0. The van der Waals surface area contributed by atoms with E-state index in [1.54, 1.807) is 26.5 Å². The molecular weight excluding hydrogens is 1820 g/mol. The Labute approximate surface area is 889 Å². The number of amides is 4. The summed E-state index contributed by atoms with van der Waals surface area (Å²) in [5, 5.41) is 28.0. The standard InChI is InChI=1S/3C17H25NO.C16H24N2O.C16H23NO.2C16H25NO.C15H21NO/c1-14-3-5-15(6-4-14)17(8-2-9-17)10-12-18-11-7-16(19)13-18;1-15-3-5-16(6-4-15)17(7-2-8-17)9-10-18-11-13-19-14-12-18;1-13(2)16(19)18-12-11-17(9-4-10-17)15-7-5-14(3)6-8-15;1-13-4-6-14(7-5-13)16(8-3-9-16)10-11-18(2)12-15(17)19;1-13-5-7-15(8-6-13)16(9-4-10-16)11-12-17(3)14(2)18;1-14-4-6-15(7-5-14)16(8-3-9-16)10-11-17-12-13-18-2;1-14-4-6-15(7-5-14)16(8-3-9-16)10-11-17(2)12-13-18;1-12-4-6-14(7-5-12)15(8-3-9-15)10-11-16-13(2)17/h3-6,16,19H,2,7-13H2,1H3;3-6H,2,7-14H2,1H3;5-8,13H,4,9-12H2,1-3H3,(H,18,19);4-7H,3,8-12H2,1-2H3,(H2,17,19);5-8H,4,9-12H2,1-3H3;4-7,17H,3,8-13H2,1-2H3;4-7,18H,3,8-13H2,1-2H3;4-7H,3,8-11H2,1-2H3,(H,16,17)/t16-;;;;;;;/m0......./s1. The molecule has 10 fully saturated rings. The Morgan fingerprint density at radius 1 is 0.381 bits per heavy atom. The van der Waals surface area contributed by atoms with Crippen LogP contribution in [0.5, 0.6) is 0 Å². The Bertz CT molecular complexity index is 5090. The van der Waals surface area contributed by atoms with Crippen molar-refractivity contribution in [3.8, 4) is 0 Å². The van der Waals surface area contributed by atoms with Gasteiger partial charge in [0.15, 0.2) is 0 Å². The molecule has 18 rings (SSSR count). The minimum Gasteiger partial charge on any atom is -0.395 e. The number of carbonyl (C=O) groups is 4. The van der Waals surface area contributed by atoms with Crippen LogP contribution in [0.1, 0.15) is 329 Å². The van der Waals surface area contributed by atoms with Gasteiger partial charge < -0.3 is 56.1 Å². The number of aliphatic hydroxyl groups is 2. The second-order valence-corrected chi connectivity index (χ2v) is 47.0. The molecule has 7 N–H and O–H groups in total. The number of primary amides is 1. The molecule has 0 bridgehead atoms. The molecule has 8 saturated carbocycles.